The van der Waals surface area contributed by atoms with Gasteiger partial charge in [-0.25, -0.2) is 4.98 Å². The quantitative estimate of drug-likeness (QED) is 0.540. The Bertz CT molecular complexity index is 1070. The number of rotatable bonds is 6. The average molecular weight is 489 g/mol. The highest BCUT2D eigenvalue weighted by Gasteiger charge is 2.23. The number of carbonyl (C=O) groups excluding carboxylic acids is 1. The summed E-state index contributed by atoms with van der Waals surface area (Å²) in [6.07, 6.45) is 0.966. The summed E-state index contributed by atoms with van der Waals surface area (Å²) >= 11 is 4.99. The fourth-order valence-electron chi connectivity index (χ4n) is 3.42. The monoisotopic (exact) mass is 488 g/mol. The van der Waals surface area contributed by atoms with Gasteiger partial charge in [0.1, 0.15) is 10.8 Å². The Kier molecular flexibility index (Phi) is 6.24. The standard InChI is InChI=1S/C22H21BrN2O4S/c1-27-19-5-3-13(9-20(19)28-2)22-24-15(12-30-22)11-21(26)25-17-7-8-29-18-6-4-14(23)10-16(17)18/h3-6,9-10,12,17H,7-8,11H2,1-2H3,(H,25,26). The number of ether oxygens (including phenoxy) is 3. The molecular weight excluding hydrogens is 468 g/mol. The maximum Gasteiger partial charge on any atom is 0.226 e. The molecule has 0 saturated carbocycles. The highest BCUT2D eigenvalue weighted by Crippen LogP contribution is 2.35. The number of thiazole rings is 1. The number of hydrogen-bond acceptors (Lipinski definition) is 6. The molecule has 3 aromatic rings. The number of hydrogen-bond donors (Lipinski definition) is 1. The van der Waals surface area contributed by atoms with E-state index < -0.39 is 0 Å². The third-order valence-electron chi connectivity index (χ3n) is 4.87. The van der Waals surface area contributed by atoms with Crippen LogP contribution < -0.4 is 19.5 Å². The van der Waals surface area contributed by atoms with Gasteiger partial charge in [-0.1, -0.05) is 15.9 Å². The summed E-state index contributed by atoms with van der Waals surface area (Å²) in [4.78, 5) is 17.3. The normalized spacial score (nSPS) is 15.1. The van der Waals surface area contributed by atoms with E-state index in [4.69, 9.17) is 14.2 Å². The van der Waals surface area contributed by atoms with Crippen molar-refractivity contribution >= 4 is 33.2 Å². The first-order chi connectivity index (χ1) is 14.6. The van der Waals surface area contributed by atoms with E-state index in [1.165, 1.54) is 11.3 Å². The topological polar surface area (TPSA) is 69.7 Å². The van der Waals surface area contributed by atoms with Crippen LogP contribution in [0.2, 0.25) is 0 Å². The van der Waals surface area contributed by atoms with E-state index in [0.29, 0.717) is 18.1 Å². The molecule has 1 aromatic heterocycles. The molecule has 8 heteroatoms. The van der Waals surface area contributed by atoms with Gasteiger partial charge in [0.25, 0.3) is 0 Å². The minimum Gasteiger partial charge on any atom is -0.493 e. The van der Waals surface area contributed by atoms with Crippen molar-refractivity contribution in [1.82, 2.24) is 10.3 Å². The van der Waals surface area contributed by atoms with E-state index >= 15 is 0 Å². The summed E-state index contributed by atoms with van der Waals surface area (Å²) in [5, 5.41) is 5.87. The number of aromatic nitrogens is 1. The molecule has 1 aliphatic heterocycles. The second-order valence-electron chi connectivity index (χ2n) is 6.83. The van der Waals surface area contributed by atoms with Gasteiger partial charge in [-0.15, -0.1) is 11.3 Å². The second kappa shape index (κ2) is 9.06. The maximum atomic E-state index is 12.7. The zero-order valence-electron chi connectivity index (χ0n) is 16.6. The summed E-state index contributed by atoms with van der Waals surface area (Å²) in [5.41, 5.74) is 2.66. The van der Waals surface area contributed by atoms with E-state index in [0.717, 1.165) is 38.5 Å². The lowest BCUT2D eigenvalue weighted by atomic mass is 10.0. The van der Waals surface area contributed by atoms with E-state index in [2.05, 4.69) is 26.2 Å². The van der Waals surface area contributed by atoms with Crippen LogP contribution in [0.3, 0.4) is 0 Å². The first-order valence-electron chi connectivity index (χ1n) is 9.46. The molecule has 0 aliphatic carbocycles. The van der Waals surface area contributed by atoms with Gasteiger partial charge in [0, 0.05) is 27.4 Å². The Balaban J connectivity index is 1.45. The van der Waals surface area contributed by atoms with Crippen molar-refractivity contribution < 1.29 is 19.0 Å². The van der Waals surface area contributed by atoms with Gasteiger partial charge in [0.05, 0.1) is 39.0 Å². The van der Waals surface area contributed by atoms with Gasteiger partial charge in [-0.05, 0) is 36.4 Å². The smallest absolute Gasteiger partial charge is 0.226 e. The molecule has 4 rings (SSSR count). The fraction of sp³-hybridized carbons (Fsp3) is 0.273. The molecule has 1 aliphatic rings. The highest BCUT2D eigenvalue weighted by molar-refractivity contribution is 9.10. The molecule has 0 spiro atoms. The molecule has 30 heavy (non-hydrogen) atoms. The lowest BCUT2D eigenvalue weighted by Gasteiger charge is -2.26. The predicted octanol–water partition coefficient (Wildman–Crippen LogP) is 4.77. The van der Waals surface area contributed by atoms with Crippen molar-refractivity contribution in [2.75, 3.05) is 20.8 Å². The van der Waals surface area contributed by atoms with Crippen molar-refractivity contribution in [1.29, 1.82) is 0 Å². The molecule has 0 fully saturated rings. The third-order valence-corrected chi connectivity index (χ3v) is 6.30. The number of nitrogens with zero attached hydrogens (tertiary/aromatic N) is 1. The van der Waals surface area contributed by atoms with Crippen LogP contribution in [0.1, 0.15) is 23.7 Å². The fourth-order valence-corrected chi connectivity index (χ4v) is 4.61. The predicted molar refractivity (Wildman–Crippen MR) is 119 cm³/mol. The Morgan fingerprint density at radius 3 is 2.87 bits per heavy atom. The zero-order chi connectivity index (χ0) is 21.1. The molecular formula is C22H21BrN2O4S. The molecule has 156 valence electrons. The van der Waals surface area contributed by atoms with E-state index in [9.17, 15) is 4.79 Å². The number of benzene rings is 2. The number of halogens is 1. The molecule has 0 bridgehead atoms. The van der Waals surface area contributed by atoms with Gasteiger partial charge in [0.2, 0.25) is 5.91 Å². The third kappa shape index (κ3) is 4.44. The largest absolute Gasteiger partial charge is 0.493 e. The zero-order valence-corrected chi connectivity index (χ0v) is 19.0. The number of amides is 1. The second-order valence-corrected chi connectivity index (χ2v) is 8.60. The Morgan fingerprint density at radius 2 is 2.07 bits per heavy atom. The first-order valence-corrected chi connectivity index (χ1v) is 11.1. The number of carbonyl (C=O) groups is 1. The Morgan fingerprint density at radius 1 is 1.23 bits per heavy atom. The lowest BCUT2D eigenvalue weighted by molar-refractivity contribution is -0.121. The minimum atomic E-state index is -0.0669. The van der Waals surface area contributed by atoms with E-state index in [1.807, 2.05) is 41.8 Å². The summed E-state index contributed by atoms with van der Waals surface area (Å²) in [7, 11) is 3.21. The van der Waals surface area contributed by atoms with Gasteiger partial charge in [-0.3, -0.25) is 4.79 Å². The molecule has 1 N–H and O–H groups in total. The van der Waals surface area contributed by atoms with Crippen LogP contribution in [0.5, 0.6) is 17.2 Å². The molecule has 6 nitrogen and oxygen atoms in total. The average Bonchev–Trinajstić information content (AvgIpc) is 3.22. The number of fused-ring (bicyclic) bond motifs is 1. The van der Waals surface area contributed by atoms with Crippen LogP contribution in [-0.2, 0) is 11.2 Å². The van der Waals surface area contributed by atoms with Crippen LogP contribution in [-0.4, -0.2) is 31.7 Å². The van der Waals surface area contributed by atoms with Crippen molar-refractivity contribution in [2.45, 2.75) is 18.9 Å². The van der Waals surface area contributed by atoms with Crippen LogP contribution in [0.15, 0.2) is 46.3 Å². The molecule has 1 atom stereocenters. The van der Waals surface area contributed by atoms with Crippen molar-refractivity contribution in [3.05, 3.63) is 57.5 Å². The van der Waals surface area contributed by atoms with Crippen LogP contribution in [0.25, 0.3) is 10.6 Å². The van der Waals surface area contributed by atoms with Gasteiger partial charge < -0.3 is 19.5 Å². The Hall–Kier alpha value is -2.58. The molecule has 2 aromatic carbocycles. The van der Waals surface area contributed by atoms with Gasteiger partial charge in [0.15, 0.2) is 11.5 Å². The summed E-state index contributed by atoms with van der Waals surface area (Å²) in [6, 6.07) is 11.5. The summed E-state index contributed by atoms with van der Waals surface area (Å²) in [6.45, 7) is 0.583. The van der Waals surface area contributed by atoms with Crippen LogP contribution in [0.4, 0.5) is 0 Å². The van der Waals surface area contributed by atoms with Crippen LogP contribution in [0, 0.1) is 0 Å². The van der Waals surface area contributed by atoms with E-state index in [-0.39, 0.29) is 18.4 Å². The molecule has 0 radical (unpaired) electrons. The SMILES string of the molecule is COc1ccc(-c2nc(CC(=O)NC3CCOc4ccc(Br)cc43)cs2)cc1OC. The van der Waals surface area contributed by atoms with Gasteiger partial charge >= 0.3 is 0 Å². The minimum absolute atomic E-state index is 0.0583. The van der Waals surface area contributed by atoms with Gasteiger partial charge in [-0.2, -0.15) is 0 Å². The maximum absolute atomic E-state index is 12.7. The molecule has 0 saturated heterocycles. The Labute approximate surface area is 187 Å². The number of nitrogens with one attached hydrogen (secondary N) is 1. The summed E-state index contributed by atoms with van der Waals surface area (Å²) < 4.78 is 17.3. The van der Waals surface area contributed by atoms with Crippen molar-refractivity contribution in [3.63, 3.8) is 0 Å². The highest BCUT2D eigenvalue weighted by atomic mass is 79.9. The first kappa shape index (κ1) is 20.7. The van der Waals surface area contributed by atoms with Crippen LogP contribution >= 0.6 is 27.3 Å². The molecule has 1 amide bonds. The molecule has 2 heterocycles. The van der Waals surface area contributed by atoms with Crippen molar-refractivity contribution in [2.24, 2.45) is 0 Å². The number of methoxy groups -OCH3 is 2. The molecule has 1 unspecified atom stereocenters. The van der Waals surface area contributed by atoms with E-state index in [1.54, 1.807) is 14.2 Å². The summed E-state index contributed by atoms with van der Waals surface area (Å²) in [5.74, 6) is 2.07. The lowest BCUT2D eigenvalue weighted by Crippen LogP contribution is -2.33. The van der Waals surface area contributed by atoms with Crippen molar-refractivity contribution in [3.8, 4) is 27.8 Å².